The predicted molar refractivity (Wildman–Crippen MR) is 348 cm³/mol. The number of amides is 8. The van der Waals surface area contributed by atoms with Crippen LogP contribution in [0, 0.1) is 0 Å². The number of nitrogens with zero attached hydrogens (tertiary/aromatic N) is 5. The van der Waals surface area contributed by atoms with Crippen LogP contribution in [-0.4, -0.2) is 221 Å². The molecule has 1 unspecified atom stereocenters. The number of benzene rings is 1. The van der Waals surface area contributed by atoms with Gasteiger partial charge in [-0.25, -0.2) is 19.7 Å². The van der Waals surface area contributed by atoms with E-state index in [-0.39, 0.29) is 75.8 Å². The van der Waals surface area contributed by atoms with Crippen LogP contribution >= 0.6 is 0 Å². The third kappa shape index (κ3) is 32.3. The van der Waals surface area contributed by atoms with Crippen LogP contribution in [0.15, 0.2) is 78.9 Å². The quantitative estimate of drug-likeness (QED) is 0.0260. The summed E-state index contributed by atoms with van der Waals surface area (Å²) >= 11 is 0. The minimum atomic E-state index is -1.58. The van der Waals surface area contributed by atoms with Crippen LogP contribution in [0.4, 0.5) is 0 Å². The zero-order valence-corrected chi connectivity index (χ0v) is 54.4. The number of unbranched alkanes of at least 4 members (excludes halogenated alkanes) is 7. The van der Waals surface area contributed by atoms with Gasteiger partial charge < -0.3 is 78.3 Å². The highest BCUT2D eigenvalue weighted by molar-refractivity contribution is 5.94. The number of aliphatic hydroxyl groups is 1. The topological polar surface area (TPSA) is 505 Å². The number of nitrogens with one attached hydrogen (secondary N) is 8. The van der Waals surface area contributed by atoms with Crippen molar-refractivity contribution in [2.75, 3.05) is 59.0 Å². The number of aliphatic carboxylic acids is 5. The third-order valence-electron chi connectivity index (χ3n) is 14.8. The van der Waals surface area contributed by atoms with Crippen molar-refractivity contribution in [2.24, 2.45) is 0 Å². The van der Waals surface area contributed by atoms with Crippen molar-refractivity contribution in [3.63, 3.8) is 0 Å². The second kappa shape index (κ2) is 43.5. The molecule has 98 heavy (non-hydrogen) atoms. The second-order valence-corrected chi connectivity index (χ2v) is 22.9. The molecule has 0 fully saturated rings. The lowest BCUT2D eigenvalue weighted by Gasteiger charge is -2.27. The van der Waals surface area contributed by atoms with Crippen LogP contribution in [-0.2, 0) is 81.8 Å². The van der Waals surface area contributed by atoms with Crippen LogP contribution in [0.5, 0.6) is 5.75 Å². The number of pyridine rings is 3. The first-order valence-corrected chi connectivity index (χ1v) is 31.9. The summed E-state index contributed by atoms with van der Waals surface area (Å²) in [7, 11) is 0. The molecule has 15 N–H and O–H groups in total. The van der Waals surface area contributed by atoms with Crippen LogP contribution in [0.3, 0.4) is 0 Å². The average Bonchev–Trinajstić information content (AvgIpc) is 0.828. The average molecular weight is 1370 g/mol. The van der Waals surface area contributed by atoms with E-state index < -0.39 is 135 Å². The number of aliphatic hydroxyl groups excluding tert-OH is 1. The standard InChI is InChI=1S/C65H87N13O20/c1-41(80)68-32-56(84)74-50(62(93)69-34-58(86)76-52(40-79)63(94)70-33-57(85)75-51(64(95)96)31-42-25-27-45(81)28-26-42)17-8-10-29-66-54(82)23-6-4-2-3-5-7-24-55(83)67-30-11-9-22-53(65(97)98)78(39-61(91)92)36-44-16-13-19-47(72-44)49-21-14-20-48(73-49)46-18-12-15-43(71-46)35-77(37-59(87)88)38-60(89)90/h12-16,18-21,25-28,50-53,79,81H,2-11,17,22-24,29-40H2,1H3,(H,66,82)(H,67,83)(H,68,80)(H,69,93)(H,70,94)(H,74,84)(H,75,85)(H,76,86)(H,87,88)(H,89,90)(H,91,92)(H,95,96)(H,97,98)/t50-,51-,52-,53?/m0/s1. The normalized spacial score (nSPS) is 12.2. The highest BCUT2D eigenvalue weighted by Gasteiger charge is 2.29. The van der Waals surface area contributed by atoms with Gasteiger partial charge in [0.1, 0.15) is 29.9 Å². The van der Waals surface area contributed by atoms with Gasteiger partial charge in [-0.15, -0.1) is 0 Å². The molecule has 0 radical (unpaired) electrons. The monoisotopic (exact) mass is 1370 g/mol. The smallest absolute Gasteiger partial charge is 0.326 e. The Bertz CT molecular complexity index is 3340. The fourth-order valence-electron chi connectivity index (χ4n) is 9.94. The second-order valence-electron chi connectivity index (χ2n) is 22.9. The Hall–Kier alpha value is -10.5. The zero-order chi connectivity index (χ0) is 71.9. The maximum Gasteiger partial charge on any atom is 0.326 e. The van der Waals surface area contributed by atoms with Crippen molar-refractivity contribution < 1.29 is 98.1 Å². The van der Waals surface area contributed by atoms with Gasteiger partial charge in [-0.1, -0.05) is 56.0 Å². The van der Waals surface area contributed by atoms with Crippen molar-refractivity contribution in [1.29, 1.82) is 0 Å². The molecule has 532 valence electrons. The number of aromatic nitrogens is 3. The number of phenols is 1. The summed E-state index contributed by atoms with van der Waals surface area (Å²) in [5, 5.41) is 86.8. The van der Waals surface area contributed by atoms with E-state index in [2.05, 4.69) is 52.5 Å². The first-order valence-electron chi connectivity index (χ1n) is 31.9. The van der Waals surface area contributed by atoms with E-state index in [1.165, 1.54) is 41.0 Å². The molecule has 0 aliphatic carbocycles. The Kier molecular flexibility index (Phi) is 35.5. The molecule has 3 aromatic heterocycles. The molecule has 8 amide bonds. The first kappa shape index (κ1) is 79.9. The van der Waals surface area contributed by atoms with Gasteiger partial charge in [0.2, 0.25) is 47.3 Å². The Labute approximate surface area is 564 Å². The molecule has 0 saturated heterocycles. The Balaban J connectivity index is 1.10. The molecule has 0 aliphatic heterocycles. The molecule has 33 heteroatoms. The Morgan fingerprint density at radius 2 is 0.878 bits per heavy atom. The molecular formula is C65H87N13O20. The van der Waals surface area contributed by atoms with Gasteiger partial charge in [0.25, 0.3) is 0 Å². The molecular weight excluding hydrogens is 1280 g/mol. The molecule has 1 aromatic carbocycles. The van der Waals surface area contributed by atoms with Gasteiger partial charge in [0, 0.05) is 52.4 Å². The van der Waals surface area contributed by atoms with Crippen LogP contribution in [0.1, 0.15) is 114 Å². The summed E-state index contributed by atoms with van der Waals surface area (Å²) in [6.45, 7) is -2.83. The van der Waals surface area contributed by atoms with Crippen LogP contribution < -0.4 is 42.5 Å². The minimum Gasteiger partial charge on any atom is -0.508 e. The molecule has 3 heterocycles. The molecule has 0 bridgehead atoms. The number of carbonyl (C=O) groups is 13. The van der Waals surface area contributed by atoms with E-state index in [9.17, 15) is 98.1 Å². The number of aromatic hydroxyl groups is 1. The number of hydrogen-bond donors (Lipinski definition) is 15. The van der Waals surface area contributed by atoms with Crippen molar-refractivity contribution in [3.8, 4) is 28.5 Å². The molecule has 0 spiro atoms. The fourth-order valence-corrected chi connectivity index (χ4v) is 9.94. The van der Waals surface area contributed by atoms with Crippen molar-refractivity contribution >= 4 is 77.1 Å². The van der Waals surface area contributed by atoms with Gasteiger partial charge >= 0.3 is 29.8 Å². The van der Waals surface area contributed by atoms with Gasteiger partial charge in [0.05, 0.1) is 80.0 Å². The molecule has 4 aromatic rings. The molecule has 4 atom stereocenters. The third-order valence-corrected chi connectivity index (χ3v) is 14.8. The van der Waals surface area contributed by atoms with Crippen LogP contribution in [0.25, 0.3) is 22.8 Å². The van der Waals surface area contributed by atoms with E-state index in [1.54, 1.807) is 54.6 Å². The van der Waals surface area contributed by atoms with Crippen molar-refractivity contribution in [2.45, 2.75) is 140 Å². The lowest BCUT2D eigenvalue weighted by Crippen LogP contribution is -2.55. The highest BCUT2D eigenvalue weighted by Crippen LogP contribution is 2.23. The van der Waals surface area contributed by atoms with E-state index in [4.69, 9.17) is 4.98 Å². The summed E-state index contributed by atoms with van der Waals surface area (Å²) in [5.74, 6) is -11.4. The lowest BCUT2D eigenvalue weighted by molar-refractivity contribution is -0.147. The maximum absolute atomic E-state index is 13.2. The van der Waals surface area contributed by atoms with Crippen molar-refractivity contribution in [3.05, 3.63) is 95.8 Å². The Morgan fingerprint density at radius 1 is 0.439 bits per heavy atom. The number of carbonyl (C=O) groups excluding carboxylic acids is 8. The maximum atomic E-state index is 13.2. The summed E-state index contributed by atoms with van der Waals surface area (Å²) in [6.07, 6.45) is 6.56. The molecule has 0 aliphatic rings. The van der Waals surface area contributed by atoms with Crippen LogP contribution in [0.2, 0.25) is 0 Å². The number of phenolic OH excluding ortho intramolecular Hbond substituents is 1. The molecule has 33 nitrogen and oxygen atoms in total. The molecule has 4 rings (SSSR count). The van der Waals surface area contributed by atoms with Gasteiger partial charge in [-0.2, -0.15) is 0 Å². The number of rotatable bonds is 48. The summed E-state index contributed by atoms with van der Waals surface area (Å²) in [6, 6.07) is 15.4. The number of hydrogen-bond acceptors (Lipinski definition) is 20. The SMILES string of the molecule is CC(=O)NCC(=O)N[C@@H](CCCCNC(=O)CCCCCCCCC(=O)NCCCCC(C(=O)O)N(CC(=O)O)Cc1cccc(-c2cccc(-c3cccc(CN(CC(=O)O)CC(=O)O)n3)n2)n1)C(=O)NCC(=O)N[C@@H](CO)C(=O)NCC(=O)N[C@@H](Cc1ccc(O)cc1)C(=O)O. The largest absolute Gasteiger partial charge is 0.508 e. The number of carboxylic acid groups (broad SMARTS) is 5. The van der Waals surface area contributed by atoms with Gasteiger partial charge in [0.15, 0.2) is 0 Å². The summed E-state index contributed by atoms with van der Waals surface area (Å²) in [5.41, 5.74) is 2.99. The van der Waals surface area contributed by atoms with Gasteiger partial charge in [-0.05, 0) is 105 Å². The highest BCUT2D eigenvalue weighted by atomic mass is 16.4. The summed E-state index contributed by atoms with van der Waals surface area (Å²) < 4.78 is 0. The van der Waals surface area contributed by atoms with Crippen molar-refractivity contribution in [1.82, 2.24) is 67.3 Å². The number of carboxylic acids is 5. The lowest BCUT2D eigenvalue weighted by atomic mass is 10.1. The first-order chi connectivity index (χ1) is 46.8. The predicted octanol–water partition coefficient (Wildman–Crippen LogP) is 0.0585. The van der Waals surface area contributed by atoms with Gasteiger partial charge in [-0.3, -0.25) is 67.3 Å². The van der Waals surface area contributed by atoms with E-state index in [1.807, 2.05) is 0 Å². The Morgan fingerprint density at radius 3 is 1.36 bits per heavy atom. The zero-order valence-electron chi connectivity index (χ0n) is 54.4. The van der Waals surface area contributed by atoms with E-state index in [0.29, 0.717) is 78.3 Å². The van der Waals surface area contributed by atoms with E-state index >= 15 is 0 Å². The fraction of sp³-hybridized carbons (Fsp3) is 0.477. The minimum absolute atomic E-state index is 0.0417. The molecule has 0 saturated carbocycles. The van der Waals surface area contributed by atoms with E-state index in [0.717, 1.165) is 25.7 Å². The summed E-state index contributed by atoms with van der Waals surface area (Å²) in [4.78, 5) is 176.